The number of aromatic nitrogens is 1. The van der Waals surface area contributed by atoms with Gasteiger partial charge in [0, 0.05) is 29.5 Å². The number of halogens is 2. The number of rotatable bonds is 2. The number of allylic oxidation sites excluding steroid dienone is 2. The topological polar surface area (TPSA) is 75.4 Å². The minimum atomic E-state index is -0.338. The van der Waals surface area contributed by atoms with E-state index in [1.165, 1.54) is 0 Å². The summed E-state index contributed by atoms with van der Waals surface area (Å²) in [5.41, 5.74) is 4.67. The van der Waals surface area contributed by atoms with E-state index in [-0.39, 0.29) is 23.4 Å². The number of aromatic hydroxyl groups is 1. The Hall–Kier alpha value is -2.76. The average Bonchev–Trinajstić information content (AvgIpc) is 3.09. The lowest BCUT2D eigenvalue weighted by Gasteiger charge is -2.34. The Balaban J connectivity index is 1.64. The van der Waals surface area contributed by atoms with Gasteiger partial charge >= 0.3 is 0 Å². The number of phenolic OH excluding ortho intramolecular Hbond substituents is 1. The summed E-state index contributed by atoms with van der Waals surface area (Å²) < 4.78 is 5.53. The first-order chi connectivity index (χ1) is 14.4. The van der Waals surface area contributed by atoms with Crippen LogP contribution in [0.1, 0.15) is 47.1 Å². The van der Waals surface area contributed by atoms with Crippen LogP contribution in [0.15, 0.2) is 58.3 Å². The minimum absolute atomic E-state index is 0.0272. The predicted molar refractivity (Wildman–Crippen MR) is 115 cm³/mol. The number of anilines is 1. The van der Waals surface area contributed by atoms with Crippen molar-refractivity contribution in [2.45, 2.75) is 31.6 Å². The minimum Gasteiger partial charge on any atom is -0.508 e. The highest BCUT2D eigenvalue weighted by molar-refractivity contribution is 6.42. The average molecular weight is 441 g/mol. The number of nitrogens with zero attached hydrogens (tertiary/aromatic N) is 1. The molecule has 1 aliphatic carbocycles. The number of carbonyl (C=O) groups excluding carboxylic acids is 1. The van der Waals surface area contributed by atoms with E-state index in [0.717, 1.165) is 28.1 Å². The van der Waals surface area contributed by atoms with Gasteiger partial charge in [-0.1, -0.05) is 52.6 Å². The number of ketones is 1. The van der Waals surface area contributed by atoms with Gasteiger partial charge in [-0.2, -0.15) is 0 Å². The van der Waals surface area contributed by atoms with E-state index in [1.807, 2.05) is 25.1 Å². The SMILES string of the molecule is Cc1noc2c1C(c1ccc(Cl)c(Cl)c1)C1=C(CC(c3ccccc3O)CC1=O)N2. The third-order valence-electron chi connectivity index (χ3n) is 5.91. The molecule has 1 aliphatic heterocycles. The van der Waals surface area contributed by atoms with Crippen molar-refractivity contribution in [2.75, 3.05) is 5.32 Å². The number of benzene rings is 2. The Kier molecular flexibility index (Phi) is 4.60. The van der Waals surface area contributed by atoms with Crippen LogP contribution in [0.2, 0.25) is 10.0 Å². The summed E-state index contributed by atoms with van der Waals surface area (Å²) in [6.45, 7) is 1.86. The molecular formula is C23H18Cl2N2O3. The number of hydrogen-bond acceptors (Lipinski definition) is 5. The molecule has 2 heterocycles. The molecule has 0 bridgehead atoms. The Morgan fingerprint density at radius 1 is 1.13 bits per heavy atom. The van der Waals surface area contributed by atoms with Crippen molar-refractivity contribution in [3.63, 3.8) is 0 Å². The maximum absolute atomic E-state index is 13.4. The van der Waals surface area contributed by atoms with Crippen LogP contribution in [0.4, 0.5) is 5.88 Å². The Morgan fingerprint density at radius 3 is 2.70 bits per heavy atom. The number of para-hydroxylation sites is 1. The predicted octanol–water partition coefficient (Wildman–Crippen LogP) is 5.95. The summed E-state index contributed by atoms with van der Waals surface area (Å²) in [6, 6.07) is 12.6. The second-order valence-electron chi connectivity index (χ2n) is 7.72. The number of phenols is 1. The lowest BCUT2D eigenvalue weighted by molar-refractivity contribution is -0.116. The quantitative estimate of drug-likeness (QED) is 0.514. The van der Waals surface area contributed by atoms with Crippen molar-refractivity contribution in [1.82, 2.24) is 5.16 Å². The monoisotopic (exact) mass is 440 g/mol. The standard InChI is InChI=1S/C23H18Cl2N2O3/c1-11-20-21(12-6-7-15(24)16(25)8-12)22-17(26-23(20)30-27-11)9-13(10-19(22)29)14-4-2-3-5-18(14)28/h2-8,13,21,26,28H,9-10H2,1H3. The summed E-state index contributed by atoms with van der Waals surface area (Å²) in [7, 11) is 0. The van der Waals surface area contributed by atoms with Crippen LogP contribution >= 0.6 is 23.2 Å². The van der Waals surface area contributed by atoms with Crippen LogP contribution in [0, 0.1) is 6.92 Å². The zero-order valence-electron chi connectivity index (χ0n) is 16.1. The van der Waals surface area contributed by atoms with Gasteiger partial charge in [0.15, 0.2) is 5.78 Å². The zero-order valence-corrected chi connectivity index (χ0v) is 17.6. The second-order valence-corrected chi connectivity index (χ2v) is 8.54. The second kappa shape index (κ2) is 7.18. The summed E-state index contributed by atoms with van der Waals surface area (Å²) in [5.74, 6) is 0.305. The van der Waals surface area contributed by atoms with Gasteiger partial charge in [0.25, 0.3) is 0 Å². The van der Waals surface area contributed by atoms with Gasteiger partial charge in [-0.25, -0.2) is 0 Å². The van der Waals surface area contributed by atoms with Gasteiger partial charge in [-0.15, -0.1) is 0 Å². The molecule has 152 valence electrons. The molecule has 7 heteroatoms. The van der Waals surface area contributed by atoms with Gasteiger partial charge in [0.1, 0.15) is 5.75 Å². The molecule has 2 aromatic carbocycles. The zero-order chi connectivity index (χ0) is 21.0. The van der Waals surface area contributed by atoms with Crippen LogP contribution < -0.4 is 5.32 Å². The van der Waals surface area contributed by atoms with Gasteiger partial charge in [-0.3, -0.25) is 4.79 Å². The van der Waals surface area contributed by atoms with Crippen LogP contribution in [-0.2, 0) is 4.79 Å². The van der Waals surface area contributed by atoms with Crippen LogP contribution in [-0.4, -0.2) is 16.0 Å². The molecule has 0 amide bonds. The van der Waals surface area contributed by atoms with Crippen molar-refractivity contribution in [3.8, 4) is 5.75 Å². The fraction of sp³-hybridized carbons (Fsp3) is 0.217. The number of Topliss-reactive ketones (excluding diaryl/α,β-unsaturated/α-hetero) is 1. The number of fused-ring (bicyclic) bond motifs is 1. The molecule has 1 aromatic heterocycles. The highest BCUT2D eigenvalue weighted by Crippen LogP contribution is 2.50. The molecule has 2 atom stereocenters. The van der Waals surface area contributed by atoms with Gasteiger partial charge in [0.2, 0.25) is 5.88 Å². The van der Waals surface area contributed by atoms with Gasteiger partial charge in [-0.05, 0) is 42.7 Å². The van der Waals surface area contributed by atoms with E-state index in [0.29, 0.717) is 34.3 Å². The van der Waals surface area contributed by atoms with Gasteiger partial charge < -0.3 is 14.9 Å². The largest absolute Gasteiger partial charge is 0.508 e. The number of nitrogens with one attached hydrogen (secondary N) is 1. The van der Waals surface area contributed by atoms with Crippen LogP contribution in [0.5, 0.6) is 5.75 Å². The van der Waals surface area contributed by atoms with Crippen molar-refractivity contribution in [3.05, 3.63) is 86.2 Å². The molecule has 2 aliphatic rings. The van der Waals surface area contributed by atoms with Crippen molar-refractivity contribution >= 4 is 34.9 Å². The first-order valence-electron chi connectivity index (χ1n) is 9.66. The van der Waals surface area contributed by atoms with E-state index >= 15 is 0 Å². The van der Waals surface area contributed by atoms with E-state index in [4.69, 9.17) is 27.7 Å². The molecule has 0 saturated carbocycles. The number of aryl methyl sites for hydroxylation is 1. The summed E-state index contributed by atoms with van der Waals surface area (Å²) in [6.07, 6.45) is 0.894. The maximum Gasteiger partial charge on any atom is 0.233 e. The Bertz CT molecular complexity index is 1210. The van der Waals surface area contributed by atoms with E-state index in [1.54, 1.807) is 24.3 Å². The molecule has 0 spiro atoms. The van der Waals surface area contributed by atoms with Crippen molar-refractivity contribution in [1.29, 1.82) is 0 Å². The van der Waals surface area contributed by atoms with Crippen LogP contribution in [0.25, 0.3) is 0 Å². The fourth-order valence-electron chi connectivity index (χ4n) is 4.55. The number of hydrogen-bond donors (Lipinski definition) is 2. The molecule has 30 heavy (non-hydrogen) atoms. The van der Waals surface area contributed by atoms with Crippen molar-refractivity contribution < 1.29 is 14.4 Å². The summed E-state index contributed by atoms with van der Waals surface area (Å²) in [5, 5.41) is 18.6. The molecule has 2 N–H and O–H groups in total. The molecule has 5 nitrogen and oxygen atoms in total. The van der Waals surface area contributed by atoms with Gasteiger partial charge in [0.05, 0.1) is 21.3 Å². The smallest absolute Gasteiger partial charge is 0.233 e. The Labute approximate surface area is 183 Å². The summed E-state index contributed by atoms with van der Waals surface area (Å²) in [4.78, 5) is 13.4. The van der Waals surface area contributed by atoms with E-state index in [2.05, 4.69) is 10.5 Å². The first-order valence-corrected chi connectivity index (χ1v) is 10.4. The highest BCUT2D eigenvalue weighted by atomic mass is 35.5. The van der Waals surface area contributed by atoms with E-state index in [9.17, 15) is 9.90 Å². The third kappa shape index (κ3) is 3.01. The highest BCUT2D eigenvalue weighted by Gasteiger charge is 2.41. The maximum atomic E-state index is 13.4. The Morgan fingerprint density at radius 2 is 1.93 bits per heavy atom. The summed E-state index contributed by atoms with van der Waals surface area (Å²) >= 11 is 12.4. The molecular weight excluding hydrogens is 423 g/mol. The normalized spacial score (nSPS) is 20.6. The first kappa shape index (κ1) is 19.2. The molecule has 0 fully saturated rings. The van der Waals surface area contributed by atoms with Crippen molar-refractivity contribution in [2.24, 2.45) is 0 Å². The number of carbonyl (C=O) groups is 1. The van der Waals surface area contributed by atoms with E-state index < -0.39 is 0 Å². The molecule has 5 rings (SSSR count). The molecule has 0 saturated heterocycles. The fourth-order valence-corrected chi connectivity index (χ4v) is 4.86. The molecule has 0 radical (unpaired) electrons. The third-order valence-corrected chi connectivity index (χ3v) is 6.65. The lowest BCUT2D eigenvalue weighted by Crippen LogP contribution is -2.29. The lowest BCUT2D eigenvalue weighted by atomic mass is 9.72. The van der Waals surface area contributed by atoms with Crippen LogP contribution in [0.3, 0.4) is 0 Å². The molecule has 2 unspecified atom stereocenters. The molecule has 3 aromatic rings.